The van der Waals surface area contributed by atoms with E-state index in [0.29, 0.717) is 13.0 Å². The molecule has 0 spiro atoms. The van der Waals surface area contributed by atoms with Crippen molar-refractivity contribution < 1.29 is 58.3 Å². The van der Waals surface area contributed by atoms with Crippen LogP contribution in [0.15, 0.2) is 48.6 Å². The van der Waals surface area contributed by atoms with Crippen LogP contribution in [0, 0.1) is 0 Å². The van der Waals surface area contributed by atoms with Gasteiger partial charge in [0, 0.05) is 13.0 Å². The van der Waals surface area contributed by atoms with Crippen molar-refractivity contribution in [1.29, 1.82) is 0 Å². The Morgan fingerprint density at radius 3 is 1.34 bits per heavy atom. The highest BCUT2D eigenvalue weighted by molar-refractivity contribution is 7.47. The third kappa shape index (κ3) is 36.3. The summed E-state index contributed by atoms with van der Waals surface area (Å²) < 4.78 is 34.4. The molecule has 0 bridgehead atoms. The van der Waals surface area contributed by atoms with E-state index < -0.39 is 63.1 Å². The van der Waals surface area contributed by atoms with Gasteiger partial charge in [0.25, 0.3) is 0 Å². The Balaban J connectivity index is 2.30. The van der Waals surface area contributed by atoms with Gasteiger partial charge in [0.05, 0.1) is 13.2 Å². The molecule has 0 amide bonds. The molecule has 0 radical (unpaired) electrons. The minimum Gasteiger partial charge on any atom is -0.457 e. The maximum atomic E-state index is 12.9. The van der Waals surface area contributed by atoms with E-state index in [2.05, 4.69) is 62.5 Å². The molecule has 6 N–H and O–H groups in total. The predicted molar refractivity (Wildman–Crippen MR) is 276 cm³/mol. The average Bonchev–Trinajstić information content (AvgIpc) is 3.32. The van der Waals surface area contributed by atoms with E-state index in [1.165, 1.54) is 135 Å². The van der Waals surface area contributed by atoms with Crippen LogP contribution in [0.1, 0.15) is 232 Å². The van der Waals surface area contributed by atoms with Crippen molar-refractivity contribution in [3.05, 3.63) is 48.6 Å². The van der Waals surface area contributed by atoms with Gasteiger partial charge < -0.3 is 39.9 Å². The van der Waals surface area contributed by atoms with Crippen LogP contribution < -0.4 is 0 Å². The van der Waals surface area contributed by atoms with E-state index in [4.69, 9.17) is 18.5 Å². The summed E-state index contributed by atoms with van der Waals surface area (Å²) in [6, 6.07) is 0. The Hall–Kier alpha value is -1.70. The number of unbranched alkanes of at least 4 members (excludes halogenated alkanes) is 27. The van der Waals surface area contributed by atoms with Crippen molar-refractivity contribution in [3.63, 3.8) is 0 Å². The Kier molecular flexibility index (Phi) is 42.7. The van der Waals surface area contributed by atoms with Crippen molar-refractivity contribution >= 4 is 13.8 Å². The first-order valence-electron chi connectivity index (χ1n) is 27.5. The third-order valence-electron chi connectivity index (χ3n) is 12.7. The summed E-state index contributed by atoms with van der Waals surface area (Å²) in [6.07, 6.45) is 44.6. The summed E-state index contributed by atoms with van der Waals surface area (Å²) in [5.74, 6) is -0.479. The fourth-order valence-corrected chi connectivity index (χ4v) is 9.34. The maximum Gasteiger partial charge on any atom is 0.472 e. The molecule has 6 unspecified atom stereocenters. The quantitative estimate of drug-likeness (QED) is 0.0147. The van der Waals surface area contributed by atoms with Crippen molar-refractivity contribution in [3.8, 4) is 0 Å². The standard InChI is InChI=1S/C55H101O12P/c1-3-5-7-9-11-13-15-17-19-21-23-24-25-26-27-28-30-32-34-36-38-40-42-44-49(56)66-48(47-65-68(62,63)67-55-53(60)51(58)50(57)52(59)54(55)61)46-64-45-43-41-39-37-35-33-31-29-22-20-18-16-14-12-10-8-6-4-2/h6,8,12,14,18,20-21,23,48,50-55,57-61H,3-5,7,9-11,13,15-17,19,22,24-47H2,1-2H3,(H,62,63)/b8-6-,14-12-,20-18-,23-21-. The van der Waals surface area contributed by atoms with Gasteiger partial charge in [0.1, 0.15) is 42.7 Å². The first-order chi connectivity index (χ1) is 33.0. The molecule has 1 aliphatic carbocycles. The SMILES string of the molecule is CC/C=C\C/C=C\C/C=C\CCCCCCCCCCOCC(COP(=O)(O)OC1C(O)C(O)C(O)C(O)C1O)OC(=O)CCCCCCCCCCCCC/C=C\CCCCCCCCCC. The molecular formula is C55H101O12P. The van der Waals surface area contributed by atoms with Gasteiger partial charge in [0.15, 0.2) is 0 Å². The van der Waals surface area contributed by atoms with Crippen LogP contribution in [0.4, 0.5) is 0 Å². The van der Waals surface area contributed by atoms with E-state index in [0.717, 1.165) is 70.6 Å². The number of carbonyl (C=O) groups is 1. The van der Waals surface area contributed by atoms with Gasteiger partial charge in [-0.05, 0) is 70.6 Å². The number of rotatable bonds is 47. The molecule has 68 heavy (non-hydrogen) atoms. The van der Waals surface area contributed by atoms with Gasteiger partial charge in [-0.25, -0.2) is 4.57 Å². The lowest BCUT2D eigenvalue weighted by Gasteiger charge is -2.41. The Bertz CT molecular complexity index is 1310. The van der Waals surface area contributed by atoms with Crippen LogP contribution in [-0.2, 0) is 27.9 Å². The Morgan fingerprint density at radius 2 is 0.868 bits per heavy atom. The summed E-state index contributed by atoms with van der Waals surface area (Å²) in [5, 5.41) is 50.4. The van der Waals surface area contributed by atoms with Crippen LogP contribution in [0.3, 0.4) is 0 Å². The number of phosphoric ester groups is 1. The lowest BCUT2D eigenvalue weighted by molar-refractivity contribution is -0.220. The summed E-state index contributed by atoms with van der Waals surface area (Å²) in [4.78, 5) is 23.3. The van der Waals surface area contributed by atoms with Crippen LogP contribution in [0.5, 0.6) is 0 Å². The number of hydrogen-bond donors (Lipinski definition) is 6. The zero-order valence-electron chi connectivity index (χ0n) is 42.9. The molecule has 0 aliphatic heterocycles. The van der Waals surface area contributed by atoms with E-state index in [1.807, 2.05) is 0 Å². The fourth-order valence-electron chi connectivity index (χ4n) is 8.37. The zero-order valence-corrected chi connectivity index (χ0v) is 43.8. The summed E-state index contributed by atoms with van der Waals surface area (Å²) in [6.45, 7) is 4.16. The molecule has 0 heterocycles. The van der Waals surface area contributed by atoms with E-state index in [-0.39, 0.29) is 13.0 Å². The number of allylic oxidation sites excluding steroid dienone is 8. The minimum atomic E-state index is -5.03. The second-order valence-electron chi connectivity index (χ2n) is 19.0. The maximum absolute atomic E-state index is 12.9. The molecule has 12 nitrogen and oxygen atoms in total. The molecule has 1 rings (SSSR count). The molecule has 1 saturated carbocycles. The van der Waals surface area contributed by atoms with Crippen LogP contribution in [0.25, 0.3) is 0 Å². The molecule has 13 heteroatoms. The molecule has 0 aromatic rings. The first-order valence-corrected chi connectivity index (χ1v) is 29.0. The Labute approximate surface area is 414 Å². The van der Waals surface area contributed by atoms with Crippen LogP contribution in [0.2, 0.25) is 0 Å². The number of ether oxygens (including phenoxy) is 2. The smallest absolute Gasteiger partial charge is 0.457 e. The van der Waals surface area contributed by atoms with Gasteiger partial charge in [-0.15, -0.1) is 0 Å². The van der Waals surface area contributed by atoms with Gasteiger partial charge in [0.2, 0.25) is 0 Å². The van der Waals surface area contributed by atoms with Crippen molar-refractivity contribution in [2.75, 3.05) is 19.8 Å². The molecule has 1 fully saturated rings. The second-order valence-corrected chi connectivity index (χ2v) is 20.5. The van der Waals surface area contributed by atoms with E-state index in [9.17, 15) is 39.8 Å². The number of esters is 1. The van der Waals surface area contributed by atoms with Crippen LogP contribution in [-0.4, -0.2) is 98.9 Å². The number of phosphoric acid groups is 1. The van der Waals surface area contributed by atoms with Gasteiger partial charge in [-0.3, -0.25) is 13.8 Å². The normalized spacial score (nSPS) is 21.5. The summed E-state index contributed by atoms with van der Waals surface area (Å²) in [5.41, 5.74) is 0. The highest BCUT2D eigenvalue weighted by atomic mass is 31.2. The molecule has 6 atom stereocenters. The minimum absolute atomic E-state index is 0.0818. The van der Waals surface area contributed by atoms with Crippen molar-refractivity contribution in [2.45, 2.75) is 275 Å². The molecular weight excluding hydrogens is 884 g/mol. The largest absolute Gasteiger partial charge is 0.472 e. The number of aliphatic hydroxyl groups excluding tert-OH is 5. The van der Waals surface area contributed by atoms with Gasteiger partial charge in [-0.1, -0.05) is 204 Å². The van der Waals surface area contributed by atoms with Crippen molar-refractivity contribution in [2.24, 2.45) is 0 Å². The third-order valence-corrected chi connectivity index (χ3v) is 13.7. The number of hydrogen-bond acceptors (Lipinski definition) is 11. The van der Waals surface area contributed by atoms with Crippen molar-refractivity contribution in [1.82, 2.24) is 0 Å². The molecule has 0 saturated heterocycles. The van der Waals surface area contributed by atoms with Gasteiger partial charge >= 0.3 is 13.8 Å². The number of carbonyl (C=O) groups excluding carboxylic acids is 1. The summed E-state index contributed by atoms with van der Waals surface area (Å²) >= 11 is 0. The second kappa shape index (κ2) is 45.2. The van der Waals surface area contributed by atoms with Gasteiger partial charge in [-0.2, -0.15) is 0 Å². The fraction of sp³-hybridized carbons (Fsp3) is 0.836. The average molecular weight is 985 g/mol. The first kappa shape index (κ1) is 64.3. The lowest BCUT2D eigenvalue weighted by Crippen LogP contribution is -2.64. The molecule has 1 aliphatic rings. The molecule has 0 aromatic heterocycles. The molecule has 398 valence electrons. The molecule has 0 aromatic carbocycles. The highest BCUT2D eigenvalue weighted by Gasteiger charge is 2.51. The topological polar surface area (TPSA) is 192 Å². The summed E-state index contributed by atoms with van der Waals surface area (Å²) in [7, 11) is -5.03. The number of aliphatic hydroxyl groups is 5. The van der Waals surface area contributed by atoms with Crippen LogP contribution >= 0.6 is 7.82 Å². The Morgan fingerprint density at radius 1 is 0.485 bits per heavy atom. The monoisotopic (exact) mass is 985 g/mol. The predicted octanol–water partition coefficient (Wildman–Crippen LogP) is 12.8. The van der Waals surface area contributed by atoms with E-state index >= 15 is 0 Å². The van der Waals surface area contributed by atoms with E-state index in [1.54, 1.807) is 0 Å². The highest BCUT2D eigenvalue weighted by Crippen LogP contribution is 2.47. The zero-order chi connectivity index (χ0) is 49.8. The lowest BCUT2D eigenvalue weighted by atomic mass is 9.85.